The third-order valence-electron chi connectivity index (χ3n) is 2.18. The molecule has 1 rings (SSSR count). The summed E-state index contributed by atoms with van der Waals surface area (Å²) in [5, 5.41) is 0.878. The average Bonchev–Trinajstić information content (AvgIpc) is 2.14. The van der Waals surface area contributed by atoms with E-state index in [4.69, 9.17) is 17.3 Å². The highest BCUT2D eigenvalue weighted by Crippen LogP contribution is 2.22. The Morgan fingerprint density at radius 1 is 1.47 bits per heavy atom. The van der Waals surface area contributed by atoms with Crippen molar-refractivity contribution in [3.63, 3.8) is 0 Å². The third-order valence-corrected chi connectivity index (χ3v) is 3.58. The Balaban J connectivity index is 2.37. The minimum Gasteiger partial charge on any atom is -0.328 e. The van der Waals surface area contributed by atoms with Crippen LogP contribution in [0.2, 0.25) is 5.02 Å². The molecule has 1 atom stereocenters. The fourth-order valence-electron chi connectivity index (χ4n) is 1.22. The Morgan fingerprint density at radius 2 is 2.20 bits per heavy atom. The lowest BCUT2D eigenvalue weighted by molar-refractivity contribution is 0.721. The number of aryl methyl sites for hydroxylation is 1. The number of halogens is 1. The fourth-order valence-corrected chi connectivity index (χ4v) is 2.76. The smallest absolute Gasteiger partial charge is 0.0449 e. The van der Waals surface area contributed by atoms with Crippen molar-refractivity contribution >= 4 is 23.4 Å². The average molecular weight is 244 g/mol. The van der Waals surface area contributed by atoms with Crippen LogP contribution in [-0.4, -0.2) is 11.8 Å². The molecule has 1 aromatic rings. The largest absolute Gasteiger partial charge is 0.328 e. The van der Waals surface area contributed by atoms with Gasteiger partial charge in [0, 0.05) is 16.8 Å². The normalized spacial score (nSPS) is 12.8. The van der Waals surface area contributed by atoms with Crippen LogP contribution in [0.25, 0.3) is 0 Å². The maximum absolute atomic E-state index is 6.13. The van der Waals surface area contributed by atoms with Crippen molar-refractivity contribution in [1.82, 2.24) is 0 Å². The van der Waals surface area contributed by atoms with E-state index >= 15 is 0 Å². The van der Waals surface area contributed by atoms with Gasteiger partial charge in [-0.25, -0.2) is 0 Å². The van der Waals surface area contributed by atoms with Crippen LogP contribution in [0.15, 0.2) is 18.2 Å². The van der Waals surface area contributed by atoms with Crippen molar-refractivity contribution in [3.8, 4) is 0 Å². The van der Waals surface area contributed by atoms with Crippen LogP contribution in [-0.2, 0) is 5.75 Å². The highest BCUT2D eigenvalue weighted by molar-refractivity contribution is 7.98. The van der Waals surface area contributed by atoms with E-state index in [-0.39, 0.29) is 0 Å². The second-order valence-corrected chi connectivity index (χ2v) is 5.43. The maximum Gasteiger partial charge on any atom is 0.0449 e. The first kappa shape index (κ1) is 12.9. The molecule has 0 saturated carbocycles. The number of rotatable bonds is 5. The summed E-state index contributed by atoms with van der Waals surface area (Å²) in [6.07, 6.45) is 1.06. The third kappa shape index (κ3) is 4.92. The second-order valence-electron chi connectivity index (χ2n) is 3.91. The maximum atomic E-state index is 6.13. The van der Waals surface area contributed by atoms with E-state index in [9.17, 15) is 0 Å². The molecule has 0 spiro atoms. The molecule has 84 valence electrons. The molecule has 1 aromatic carbocycles. The molecule has 3 heteroatoms. The van der Waals surface area contributed by atoms with Crippen LogP contribution in [0.5, 0.6) is 0 Å². The van der Waals surface area contributed by atoms with Gasteiger partial charge in [-0.05, 0) is 43.2 Å². The Hall–Kier alpha value is -0.180. The highest BCUT2D eigenvalue weighted by atomic mass is 35.5. The van der Waals surface area contributed by atoms with Crippen LogP contribution in [0.4, 0.5) is 0 Å². The van der Waals surface area contributed by atoms with Gasteiger partial charge in [0.1, 0.15) is 0 Å². The van der Waals surface area contributed by atoms with Crippen molar-refractivity contribution in [3.05, 3.63) is 34.3 Å². The first-order chi connectivity index (χ1) is 7.09. The summed E-state index contributed by atoms with van der Waals surface area (Å²) in [6, 6.07) is 6.53. The first-order valence-electron chi connectivity index (χ1n) is 5.18. The predicted octanol–water partition coefficient (Wildman–Crippen LogP) is 3.62. The van der Waals surface area contributed by atoms with Crippen molar-refractivity contribution in [2.45, 2.75) is 32.1 Å². The SMILES string of the molecule is Cc1ccc(CSCCC(C)N)c(Cl)c1. The van der Waals surface area contributed by atoms with E-state index in [1.165, 1.54) is 11.1 Å². The van der Waals surface area contributed by atoms with Gasteiger partial charge in [0.15, 0.2) is 0 Å². The standard InChI is InChI=1S/C12H18ClNS/c1-9-3-4-11(12(13)7-9)8-15-6-5-10(2)14/h3-4,7,10H,5-6,8,14H2,1-2H3. The topological polar surface area (TPSA) is 26.0 Å². The van der Waals surface area contributed by atoms with Crippen LogP contribution in [0.3, 0.4) is 0 Å². The van der Waals surface area contributed by atoms with E-state index in [2.05, 4.69) is 19.1 Å². The number of thioether (sulfide) groups is 1. The van der Waals surface area contributed by atoms with Gasteiger partial charge in [-0.1, -0.05) is 23.7 Å². The summed E-state index contributed by atoms with van der Waals surface area (Å²) < 4.78 is 0. The minimum atomic E-state index is 0.297. The Kier molecular flexibility index (Phi) is 5.51. The molecule has 15 heavy (non-hydrogen) atoms. The van der Waals surface area contributed by atoms with Gasteiger partial charge in [-0.15, -0.1) is 0 Å². The van der Waals surface area contributed by atoms with Crippen LogP contribution in [0.1, 0.15) is 24.5 Å². The molecule has 0 aliphatic rings. The lowest BCUT2D eigenvalue weighted by Gasteiger charge is -2.06. The summed E-state index contributed by atoms with van der Waals surface area (Å²) in [5.74, 6) is 2.08. The molecular weight excluding hydrogens is 226 g/mol. The van der Waals surface area contributed by atoms with Gasteiger partial charge in [0.25, 0.3) is 0 Å². The van der Waals surface area contributed by atoms with Gasteiger partial charge in [0.2, 0.25) is 0 Å². The molecule has 0 aromatic heterocycles. The van der Waals surface area contributed by atoms with Gasteiger partial charge >= 0.3 is 0 Å². The Bertz CT molecular complexity index is 312. The van der Waals surface area contributed by atoms with E-state index in [0.29, 0.717) is 6.04 Å². The molecule has 0 radical (unpaired) electrons. The lowest BCUT2D eigenvalue weighted by atomic mass is 10.2. The van der Waals surface area contributed by atoms with Crippen molar-refractivity contribution in [2.24, 2.45) is 5.73 Å². The molecule has 1 nitrogen and oxygen atoms in total. The lowest BCUT2D eigenvalue weighted by Crippen LogP contribution is -2.15. The second kappa shape index (κ2) is 6.41. The number of hydrogen-bond donors (Lipinski definition) is 1. The van der Waals surface area contributed by atoms with Crippen molar-refractivity contribution < 1.29 is 0 Å². The zero-order chi connectivity index (χ0) is 11.3. The van der Waals surface area contributed by atoms with Gasteiger partial charge < -0.3 is 5.73 Å². The van der Waals surface area contributed by atoms with E-state index in [1.807, 2.05) is 24.8 Å². The Morgan fingerprint density at radius 3 is 2.80 bits per heavy atom. The zero-order valence-electron chi connectivity index (χ0n) is 9.29. The van der Waals surface area contributed by atoms with Crippen molar-refractivity contribution in [1.29, 1.82) is 0 Å². The number of benzene rings is 1. The summed E-state index contributed by atoms with van der Waals surface area (Å²) in [7, 11) is 0. The van der Waals surface area contributed by atoms with Gasteiger partial charge in [0.05, 0.1) is 0 Å². The molecule has 0 aliphatic heterocycles. The molecular formula is C12H18ClNS. The first-order valence-corrected chi connectivity index (χ1v) is 6.71. The number of nitrogens with two attached hydrogens (primary N) is 1. The van der Waals surface area contributed by atoms with E-state index < -0.39 is 0 Å². The zero-order valence-corrected chi connectivity index (χ0v) is 10.9. The van der Waals surface area contributed by atoms with Gasteiger partial charge in [-0.3, -0.25) is 0 Å². The molecule has 1 unspecified atom stereocenters. The molecule has 0 bridgehead atoms. The molecule has 0 heterocycles. The number of hydrogen-bond acceptors (Lipinski definition) is 2. The summed E-state index contributed by atoms with van der Waals surface area (Å²) in [5.41, 5.74) is 8.11. The quantitative estimate of drug-likeness (QED) is 0.800. The van der Waals surface area contributed by atoms with Crippen LogP contribution in [0, 0.1) is 6.92 Å². The molecule has 0 amide bonds. The van der Waals surface area contributed by atoms with Crippen LogP contribution < -0.4 is 5.73 Å². The summed E-state index contributed by atoms with van der Waals surface area (Å²) >= 11 is 8.02. The fraction of sp³-hybridized carbons (Fsp3) is 0.500. The minimum absolute atomic E-state index is 0.297. The highest BCUT2D eigenvalue weighted by Gasteiger charge is 2.01. The summed E-state index contributed by atoms with van der Waals surface area (Å²) in [6.45, 7) is 4.10. The molecule has 0 fully saturated rings. The van der Waals surface area contributed by atoms with Crippen molar-refractivity contribution in [2.75, 3.05) is 5.75 Å². The monoisotopic (exact) mass is 243 g/mol. The molecule has 0 aliphatic carbocycles. The van der Waals surface area contributed by atoms with E-state index in [1.54, 1.807) is 0 Å². The molecule has 2 N–H and O–H groups in total. The summed E-state index contributed by atoms with van der Waals surface area (Å²) in [4.78, 5) is 0. The van der Waals surface area contributed by atoms with Gasteiger partial charge in [-0.2, -0.15) is 11.8 Å². The molecule has 0 saturated heterocycles. The predicted molar refractivity (Wildman–Crippen MR) is 70.6 cm³/mol. The van der Waals surface area contributed by atoms with E-state index in [0.717, 1.165) is 22.9 Å². The Labute approximate surface area is 101 Å². The van der Waals surface area contributed by atoms with Crippen LogP contribution >= 0.6 is 23.4 Å².